The van der Waals surface area contributed by atoms with Gasteiger partial charge in [0.15, 0.2) is 0 Å². The Morgan fingerprint density at radius 1 is 1.45 bits per heavy atom. The molecule has 0 spiro atoms. The van der Waals surface area contributed by atoms with Crippen molar-refractivity contribution in [1.29, 1.82) is 0 Å². The summed E-state index contributed by atoms with van der Waals surface area (Å²) in [4.78, 5) is 15.1. The van der Waals surface area contributed by atoms with Gasteiger partial charge in [0.2, 0.25) is 10.0 Å². The normalized spacial score (nSPS) is 19.3. The number of carbonyl (C=O) groups excluding carboxylic acids is 1. The first kappa shape index (κ1) is 15.3. The molecule has 0 bridgehead atoms. The average molecular weight is 314 g/mol. The van der Waals surface area contributed by atoms with E-state index < -0.39 is 10.0 Å². The highest BCUT2D eigenvalue weighted by atomic mass is 32.2. The van der Waals surface area contributed by atoms with Crippen molar-refractivity contribution < 1.29 is 13.2 Å². The summed E-state index contributed by atoms with van der Waals surface area (Å²) in [5.74, 6) is -0.150. The van der Waals surface area contributed by atoms with E-state index in [4.69, 9.17) is 5.14 Å². The van der Waals surface area contributed by atoms with Gasteiger partial charge in [0.1, 0.15) is 0 Å². The number of likely N-dealkylation sites (tertiary alicyclic amines) is 1. The zero-order valence-electron chi connectivity index (χ0n) is 11.3. The summed E-state index contributed by atoms with van der Waals surface area (Å²) in [6.45, 7) is 1.04. The molecule has 0 aliphatic carbocycles. The smallest absolute Gasteiger partial charge is 0.254 e. The van der Waals surface area contributed by atoms with Gasteiger partial charge in [-0.3, -0.25) is 4.79 Å². The number of thioether (sulfide) groups is 1. The number of hydrogen-bond acceptors (Lipinski definition) is 4. The van der Waals surface area contributed by atoms with Gasteiger partial charge in [0.05, 0.1) is 11.3 Å². The molecule has 0 radical (unpaired) electrons. The van der Waals surface area contributed by atoms with Gasteiger partial charge in [-0.05, 0) is 30.7 Å². The highest BCUT2D eigenvalue weighted by molar-refractivity contribution is 7.98. The molecule has 7 heteroatoms. The van der Waals surface area contributed by atoms with E-state index in [1.807, 2.05) is 24.5 Å². The minimum atomic E-state index is -3.48. The molecule has 1 atom stereocenters. The van der Waals surface area contributed by atoms with Crippen molar-refractivity contribution in [3.05, 3.63) is 29.8 Å². The Kier molecular flexibility index (Phi) is 4.72. The largest absolute Gasteiger partial charge is 0.338 e. The summed E-state index contributed by atoms with van der Waals surface area (Å²) >= 11 is 1.53. The average Bonchev–Trinajstić information content (AvgIpc) is 2.84. The lowest BCUT2D eigenvalue weighted by Gasteiger charge is -2.18. The van der Waals surface area contributed by atoms with Crippen LogP contribution in [0.25, 0.3) is 0 Å². The van der Waals surface area contributed by atoms with Crippen LogP contribution in [-0.4, -0.2) is 44.3 Å². The van der Waals surface area contributed by atoms with Crippen LogP contribution in [0.1, 0.15) is 16.8 Å². The van der Waals surface area contributed by atoms with Crippen LogP contribution in [0.5, 0.6) is 0 Å². The molecule has 1 saturated heterocycles. The van der Waals surface area contributed by atoms with E-state index in [1.54, 1.807) is 11.0 Å². The molecule has 110 valence electrons. The van der Waals surface area contributed by atoms with Gasteiger partial charge in [0.25, 0.3) is 5.91 Å². The number of nitrogens with zero attached hydrogens (tertiary/aromatic N) is 1. The van der Waals surface area contributed by atoms with Crippen LogP contribution in [0, 0.1) is 5.92 Å². The van der Waals surface area contributed by atoms with E-state index in [0.717, 1.165) is 4.90 Å². The van der Waals surface area contributed by atoms with Crippen molar-refractivity contribution in [2.75, 3.05) is 25.1 Å². The monoisotopic (exact) mass is 314 g/mol. The van der Waals surface area contributed by atoms with Gasteiger partial charge < -0.3 is 4.90 Å². The van der Waals surface area contributed by atoms with Crippen molar-refractivity contribution in [2.45, 2.75) is 11.3 Å². The van der Waals surface area contributed by atoms with Crippen molar-refractivity contribution in [2.24, 2.45) is 11.1 Å². The third kappa shape index (κ3) is 3.74. The summed E-state index contributed by atoms with van der Waals surface area (Å²) in [6.07, 6.45) is 2.61. The number of sulfonamides is 1. The van der Waals surface area contributed by atoms with Crippen molar-refractivity contribution in [3.8, 4) is 0 Å². The van der Waals surface area contributed by atoms with Gasteiger partial charge in [-0.1, -0.05) is 12.1 Å². The maximum Gasteiger partial charge on any atom is 0.254 e. The molecule has 1 heterocycles. The van der Waals surface area contributed by atoms with Crippen LogP contribution in [0.2, 0.25) is 0 Å². The number of nitrogens with two attached hydrogens (primary N) is 1. The minimum absolute atomic E-state index is 0.0353. The lowest BCUT2D eigenvalue weighted by molar-refractivity contribution is 0.0785. The van der Waals surface area contributed by atoms with E-state index in [-0.39, 0.29) is 17.6 Å². The molecule has 0 aromatic heterocycles. The maximum absolute atomic E-state index is 12.5. The number of primary sulfonamides is 1. The van der Waals surface area contributed by atoms with Crippen LogP contribution < -0.4 is 5.14 Å². The predicted molar refractivity (Wildman–Crippen MR) is 80.2 cm³/mol. The van der Waals surface area contributed by atoms with E-state index in [0.29, 0.717) is 25.1 Å². The first-order valence-electron chi connectivity index (χ1n) is 6.33. The quantitative estimate of drug-likeness (QED) is 0.846. The standard InChI is InChI=1S/C13H18N2O3S2/c1-19-12-5-3-2-4-11(12)13(16)15-7-6-10(8-15)9-20(14,17)18/h2-5,10H,6-9H2,1H3,(H2,14,17,18)/t10-/m0/s1. The first-order chi connectivity index (χ1) is 9.40. The second-order valence-electron chi connectivity index (χ2n) is 4.94. The second kappa shape index (κ2) is 6.15. The fraction of sp³-hybridized carbons (Fsp3) is 0.462. The number of amides is 1. The van der Waals surface area contributed by atoms with Gasteiger partial charge >= 0.3 is 0 Å². The first-order valence-corrected chi connectivity index (χ1v) is 9.27. The SMILES string of the molecule is CSc1ccccc1C(=O)N1CC[C@H](CS(N)(=O)=O)C1. The topological polar surface area (TPSA) is 80.5 Å². The van der Waals surface area contributed by atoms with E-state index in [9.17, 15) is 13.2 Å². The Morgan fingerprint density at radius 2 is 2.15 bits per heavy atom. The molecular weight excluding hydrogens is 296 g/mol. The molecule has 1 aromatic rings. The number of rotatable bonds is 4. The molecular formula is C13H18N2O3S2. The summed E-state index contributed by atoms with van der Waals surface area (Å²) in [7, 11) is -3.48. The van der Waals surface area contributed by atoms with Crippen LogP contribution in [0.3, 0.4) is 0 Å². The molecule has 5 nitrogen and oxygen atoms in total. The highest BCUT2D eigenvalue weighted by Gasteiger charge is 2.29. The third-order valence-corrected chi connectivity index (χ3v) is 5.11. The summed E-state index contributed by atoms with van der Waals surface area (Å²) in [5.41, 5.74) is 0.677. The number of carbonyl (C=O) groups is 1. The number of hydrogen-bond donors (Lipinski definition) is 1. The Bertz CT molecular complexity index is 601. The summed E-state index contributed by atoms with van der Waals surface area (Å²) < 4.78 is 22.2. The highest BCUT2D eigenvalue weighted by Crippen LogP contribution is 2.25. The van der Waals surface area contributed by atoms with E-state index in [1.165, 1.54) is 11.8 Å². The lowest BCUT2D eigenvalue weighted by atomic mass is 10.1. The molecule has 1 amide bonds. The lowest BCUT2D eigenvalue weighted by Crippen LogP contribution is -2.31. The zero-order chi connectivity index (χ0) is 14.8. The Morgan fingerprint density at radius 3 is 2.80 bits per heavy atom. The Balaban J connectivity index is 2.08. The Labute approximate surface area is 123 Å². The molecule has 1 aromatic carbocycles. The van der Waals surface area contributed by atoms with Crippen LogP contribution in [0.4, 0.5) is 0 Å². The molecule has 0 saturated carbocycles. The molecule has 2 rings (SSSR count). The van der Waals surface area contributed by atoms with Crippen LogP contribution in [0.15, 0.2) is 29.2 Å². The van der Waals surface area contributed by atoms with Crippen LogP contribution in [-0.2, 0) is 10.0 Å². The molecule has 1 aliphatic heterocycles. The molecule has 20 heavy (non-hydrogen) atoms. The molecule has 1 aliphatic rings. The van der Waals surface area contributed by atoms with Gasteiger partial charge in [-0.2, -0.15) is 0 Å². The third-order valence-electron chi connectivity index (χ3n) is 3.38. The number of benzene rings is 1. The fourth-order valence-electron chi connectivity index (χ4n) is 2.47. The molecule has 1 fully saturated rings. The summed E-state index contributed by atoms with van der Waals surface area (Å²) in [6, 6.07) is 7.46. The fourth-order valence-corrected chi connectivity index (χ4v) is 3.99. The van der Waals surface area contributed by atoms with Crippen molar-refractivity contribution in [1.82, 2.24) is 4.90 Å². The Hall–Kier alpha value is -1.05. The van der Waals surface area contributed by atoms with Gasteiger partial charge in [-0.15, -0.1) is 11.8 Å². The maximum atomic E-state index is 12.5. The van der Waals surface area contributed by atoms with Gasteiger partial charge in [0, 0.05) is 18.0 Å². The minimum Gasteiger partial charge on any atom is -0.338 e. The predicted octanol–water partition coefficient (Wildman–Crippen LogP) is 1.16. The van der Waals surface area contributed by atoms with E-state index >= 15 is 0 Å². The molecule has 0 unspecified atom stereocenters. The van der Waals surface area contributed by atoms with E-state index in [2.05, 4.69) is 0 Å². The van der Waals surface area contributed by atoms with Gasteiger partial charge in [-0.25, -0.2) is 13.6 Å². The van der Waals surface area contributed by atoms with Crippen molar-refractivity contribution >= 4 is 27.7 Å². The van der Waals surface area contributed by atoms with Crippen molar-refractivity contribution in [3.63, 3.8) is 0 Å². The molecule has 2 N–H and O–H groups in total. The zero-order valence-corrected chi connectivity index (χ0v) is 12.9. The second-order valence-corrected chi connectivity index (χ2v) is 7.44. The summed E-state index contributed by atoms with van der Waals surface area (Å²) in [5, 5.41) is 5.06. The van der Waals surface area contributed by atoms with Crippen LogP contribution >= 0.6 is 11.8 Å².